The molecule has 37 heavy (non-hydrogen) atoms. The van der Waals surface area contributed by atoms with Crippen LogP contribution in [0, 0.1) is 28.6 Å². The maximum absolute atomic E-state index is 12.4. The number of fused-ring (bicyclic) bond motifs is 5. The Morgan fingerprint density at radius 2 is 1.70 bits per heavy atom. The molecular weight excluding hydrogens is 476 g/mol. The average Bonchev–Trinajstić information content (AvgIpc) is 3.38. The van der Waals surface area contributed by atoms with Crippen LogP contribution in [0.2, 0.25) is 0 Å². The summed E-state index contributed by atoms with van der Waals surface area (Å²) in [6, 6.07) is 0. The largest absolute Gasteiger partial charge is 0.458 e. The Kier molecular flexibility index (Phi) is 6.19. The lowest BCUT2D eigenvalue weighted by Gasteiger charge is -2.66. The second kappa shape index (κ2) is 8.73. The number of esters is 1. The molecule has 0 aromatic rings. The predicted octanol–water partition coefficient (Wildman–Crippen LogP) is 2.60. The van der Waals surface area contributed by atoms with Gasteiger partial charge in [-0.25, -0.2) is 4.79 Å². The number of carbonyl (C=O) groups excluding carboxylic acids is 1. The first-order valence-corrected chi connectivity index (χ1v) is 14.4. The third-order valence-electron chi connectivity index (χ3n) is 12.1. The number of carbonyl (C=O) groups is 1. The molecule has 0 bridgehead atoms. The summed E-state index contributed by atoms with van der Waals surface area (Å²) in [5.74, 6) is 0.240. The highest BCUT2D eigenvalue weighted by Crippen LogP contribution is 2.70. The van der Waals surface area contributed by atoms with Gasteiger partial charge in [-0.1, -0.05) is 13.8 Å². The Morgan fingerprint density at radius 1 is 0.973 bits per heavy atom. The molecule has 5 fully saturated rings. The van der Waals surface area contributed by atoms with E-state index in [9.17, 15) is 25.2 Å². The van der Waals surface area contributed by atoms with Crippen molar-refractivity contribution in [1.82, 2.24) is 0 Å². The number of ether oxygens (including phenoxy) is 3. The van der Waals surface area contributed by atoms with E-state index in [1.165, 1.54) is 0 Å². The van der Waals surface area contributed by atoms with Gasteiger partial charge in [0.1, 0.15) is 12.7 Å². The summed E-state index contributed by atoms with van der Waals surface area (Å²) >= 11 is 0. The van der Waals surface area contributed by atoms with Crippen molar-refractivity contribution in [3.05, 3.63) is 11.6 Å². The third kappa shape index (κ3) is 3.73. The highest BCUT2D eigenvalue weighted by Gasteiger charge is 2.70. The minimum atomic E-state index is -0.912. The topological polar surface area (TPSA) is 126 Å². The van der Waals surface area contributed by atoms with Gasteiger partial charge in [0, 0.05) is 24.3 Å². The van der Waals surface area contributed by atoms with Crippen molar-refractivity contribution in [3.8, 4) is 0 Å². The molecular formula is C29H44O8. The van der Waals surface area contributed by atoms with Crippen LogP contribution in [0.5, 0.6) is 0 Å². The Labute approximate surface area is 219 Å². The van der Waals surface area contributed by atoms with Crippen molar-refractivity contribution in [2.45, 2.75) is 127 Å². The fourth-order valence-corrected chi connectivity index (χ4v) is 9.81. The van der Waals surface area contributed by atoms with Gasteiger partial charge in [-0.3, -0.25) is 0 Å². The fourth-order valence-electron chi connectivity index (χ4n) is 9.81. The maximum Gasteiger partial charge on any atom is 0.331 e. The van der Waals surface area contributed by atoms with Gasteiger partial charge in [0.25, 0.3) is 0 Å². The lowest BCUT2D eigenvalue weighted by Crippen LogP contribution is -2.67. The molecule has 4 aliphatic carbocycles. The zero-order valence-electron chi connectivity index (χ0n) is 22.4. The molecule has 6 aliphatic rings. The Hall–Kier alpha value is -1.03. The first kappa shape index (κ1) is 26.2. The van der Waals surface area contributed by atoms with Crippen LogP contribution >= 0.6 is 0 Å². The zero-order chi connectivity index (χ0) is 26.4. The van der Waals surface area contributed by atoms with E-state index in [4.69, 9.17) is 14.2 Å². The van der Waals surface area contributed by atoms with Crippen LogP contribution < -0.4 is 0 Å². The van der Waals surface area contributed by atoms with E-state index in [0.29, 0.717) is 19.4 Å². The predicted molar refractivity (Wildman–Crippen MR) is 133 cm³/mol. The van der Waals surface area contributed by atoms with Crippen molar-refractivity contribution in [1.29, 1.82) is 0 Å². The zero-order valence-corrected chi connectivity index (χ0v) is 22.4. The van der Waals surface area contributed by atoms with Crippen LogP contribution in [0.1, 0.15) is 85.0 Å². The first-order chi connectivity index (χ1) is 17.4. The molecule has 4 N–H and O–H groups in total. The lowest BCUT2D eigenvalue weighted by molar-refractivity contribution is -0.290. The summed E-state index contributed by atoms with van der Waals surface area (Å²) in [5.41, 5.74) is -1.26. The van der Waals surface area contributed by atoms with Gasteiger partial charge < -0.3 is 34.6 Å². The molecule has 0 radical (unpaired) electrons. The van der Waals surface area contributed by atoms with Gasteiger partial charge in [0.05, 0.1) is 29.5 Å². The summed E-state index contributed by atoms with van der Waals surface area (Å²) in [5, 5.41) is 44.6. The number of cyclic esters (lactones) is 1. The number of hydrogen-bond donors (Lipinski definition) is 4. The molecule has 1 saturated heterocycles. The van der Waals surface area contributed by atoms with E-state index in [0.717, 1.165) is 50.5 Å². The summed E-state index contributed by atoms with van der Waals surface area (Å²) in [6.45, 7) is 6.53. The van der Waals surface area contributed by atoms with Crippen molar-refractivity contribution in [2.24, 2.45) is 28.6 Å². The molecule has 2 aliphatic heterocycles. The molecule has 208 valence electrons. The average molecular weight is 521 g/mol. The van der Waals surface area contributed by atoms with E-state index in [1.54, 1.807) is 13.0 Å². The molecule has 12 atom stereocenters. The molecule has 8 heteroatoms. The molecule has 6 rings (SSSR count). The highest BCUT2D eigenvalue weighted by atomic mass is 16.7. The Bertz CT molecular complexity index is 956. The molecule has 8 nitrogen and oxygen atoms in total. The minimum absolute atomic E-state index is 0.122. The van der Waals surface area contributed by atoms with Crippen molar-refractivity contribution >= 4 is 5.97 Å². The van der Waals surface area contributed by atoms with E-state index in [-0.39, 0.29) is 47.1 Å². The molecule has 0 aromatic carbocycles. The lowest BCUT2D eigenvalue weighted by atomic mass is 9.42. The van der Waals surface area contributed by atoms with E-state index >= 15 is 0 Å². The molecule has 2 heterocycles. The SMILES string of the molecule is C[C@H]1O[C@@H](O[C@H]2CC[C@]3(C)[C@H]4CC[C@]5(C)[C@@H](C6=CC(=O)OC6)CC[C@]5(O)[C@@H]4CC[C@]3(O)C2)C[C@@H](O)[C@@H]1O. The van der Waals surface area contributed by atoms with E-state index in [2.05, 4.69) is 13.8 Å². The number of aliphatic hydroxyl groups excluding tert-OH is 2. The summed E-state index contributed by atoms with van der Waals surface area (Å²) in [4.78, 5) is 11.8. The monoisotopic (exact) mass is 520 g/mol. The van der Waals surface area contributed by atoms with E-state index < -0.39 is 35.8 Å². The normalized spacial score (nSPS) is 55.6. The van der Waals surface area contributed by atoms with Gasteiger partial charge in [0.2, 0.25) is 0 Å². The van der Waals surface area contributed by atoms with Gasteiger partial charge in [0.15, 0.2) is 6.29 Å². The second-order valence-electron chi connectivity index (χ2n) is 13.6. The highest BCUT2D eigenvalue weighted by molar-refractivity contribution is 5.85. The number of hydrogen-bond acceptors (Lipinski definition) is 8. The quantitative estimate of drug-likeness (QED) is 0.331. The smallest absolute Gasteiger partial charge is 0.331 e. The van der Waals surface area contributed by atoms with Gasteiger partial charge in [-0.2, -0.15) is 0 Å². The standard InChI is InChI=1S/C29H44O8/c1-16-25(32)22(30)13-24(36-16)37-18-4-8-26(2)20-5-9-27(3)19(17-12-23(31)35-15-17)7-11-29(27,34)21(20)6-10-28(26,33)14-18/h12,16,18-22,24-25,30,32-34H,4-11,13-15H2,1-3H3/t16-,18+,19-,20+,21-,22-,24+,25-,26-,27-,28+,29+/m1/s1. The molecule has 0 spiro atoms. The van der Waals surface area contributed by atoms with Crippen LogP contribution in [0.3, 0.4) is 0 Å². The Balaban J connectivity index is 1.19. The van der Waals surface area contributed by atoms with Crippen LogP contribution in [0.15, 0.2) is 11.6 Å². The molecule has 0 aromatic heterocycles. The van der Waals surface area contributed by atoms with Crippen molar-refractivity contribution in [2.75, 3.05) is 6.61 Å². The third-order valence-corrected chi connectivity index (χ3v) is 12.1. The van der Waals surface area contributed by atoms with Gasteiger partial charge >= 0.3 is 5.97 Å². The Morgan fingerprint density at radius 3 is 2.41 bits per heavy atom. The van der Waals surface area contributed by atoms with Crippen molar-refractivity contribution < 1.29 is 39.4 Å². The fraction of sp³-hybridized carbons (Fsp3) is 0.897. The summed E-state index contributed by atoms with van der Waals surface area (Å²) in [6.07, 6.45) is 5.78. The second-order valence-corrected chi connectivity index (χ2v) is 13.6. The summed E-state index contributed by atoms with van der Waals surface area (Å²) in [7, 11) is 0. The van der Waals surface area contributed by atoms with Crippen LogP contribution in [-0.2, 0) is 19.0 Å². The van der Waals surface area contributed by atoms with Crippen LogP contribution in [0.4, 0.5) is 0 Å². The maximum atomic E-state index is 12.4. The number of aliphatic hydroxyl groups is 4. The van der Waals surface area contributed by atoms with Crippen LogP contribution in [-0.4, -0.2) is 74.9 Å². The minimum Gasteiger partial charge on any atom is -0.458 e. The number of rotatable bonds is 3. The van der Waals surface area contributed by atoms with E-state index in [1.807, 2.05) is 0 Å². The van der Waals surface area contributed by atoms with Gasteiger partial charge in [-0.05, 0) is 87.0 Å². The van der Waals surface area contributed by atoms with Crippen LogP contribution in [0.25, 0.3) is 0 Å². The van der Waals surface area contributed by atoms with Gasteiger partial charge in [-0.15, -0.1) is 0 Å². The molecule has 0 amide bonds. The summed E-state index contributed by atoms with van der Waals surface area (Å²) < 4.78 is 17.3. The molecule has 0 unspecified atom stereocenters. The molecule has 4 saturated carbocycles. The first-order valence-electron chi connectivity index (χ1n) is 14.4. The van der Waals surface area contributed by atoms with Crippen molar-refractivity contribution in [3.63, 3.8) is 0 Å².